The fourth-order valence-electron chi connectivity index (χ4n) is 2.43. The molecule has 10 heteroatoms. The van der Waals surface area contributed by atoms with Gasteiger partial charge in [-0.1, -0.05) is 0 Å². The number of carbonyl (C=O) groups excluding carboxylic acids is 2. The number of rotatable bonds is 8. The van der Waals surface area contributed by atoms with Crippen LogP contribution in [0.2, 0.25) is 0 Å². The van der Waals surface area contributed by atoms with Crippen LogP contribution in [0, 0.1) is 0 Å². The number of aliphatic carboxylic acids is 1. The predicted octanol–water partition coefficient (Wildman–Crippen LogP) is 0.0606. The molecule has 0 bridgehead atoms. The van der Waals surface area contributed by atoms with Gasteiger partial charge in [0.2, 0.25) is 10.0 Å². The SMILES string of the molecule is CN(C)CCCS(=O)(=O)Nc1ccc2c(c1)C(=O)N(CC(=O)O)C2=O. The maximum atomic E-state index is 12.2. The van der Waals surface area contributed by atoms with E-state index in [0.29, 0.717) is 17.9 Å². The molecule has 0 radical (unpaired) electrons. The summed E-state index contributed by atoms with van der Waals surface area (Å²) < 4.78 is 26.5. The number of carbonyl (C=O) groups is 3. The first-order valence-electron chi connectivity index (χ1n) is 7.48. The highest BCUT2D eigenvalue weighted by atomic mass is 32.2. The summed E-state index contributed by atoms with van der Waals surface area (Å²) in [4.78, 5) is 37.4. The first-order valence-corrected chi connectivity index (χ1v) is 9.13. The van der Waals surface area contributed by atoms with Gasteiger partial charge < -0.3 is 10.0 Å². The molecule has 2 N–H and O–H groups in total. The van der Waals surface area contributed by atoms with E-state index < -0.39 is 34.4 Å². The molecule has 1 heterocycles. The molecule has 0 atom stereocenters. The smallest absolute Gasteiger partial charge is 0.323 e. The van der Waals surface area contributed by atoms with Gasteiger partial charge >= 0.3 is 5.97 Å². The van der Waals surface area contributed by atoms with Crippen LogP contribution in [0.5, 0.6) is 0 Å². The number of carboxylic acids is 1. The van der Waals surface area contributed by atoms with E-state index in [1.807, 2.05) is 19.0 Å². The molecular weight excluding hydrogens is 350 g/mol. The molecular formula is C15H19N3O6S. The number of imide groups is 1. The van der Waals surface area contributed by atoms with Crippen LogP contribution < -0.4 is 4.72 Å². The summed E-state index contributed by atoms with van der Waals surface area (Å²) in [5.74, 6) is -2.85. The molecule has 0 saturated heterocycles. The molecule has 0 aromatic heterocycles. The molecule has 1 aromatic rings. The maximum absolute atomic E-state index is 12.2. The number of nitrogens with one attached hydrogen (secondary N) is 1. The predicted molar refractivity (Wildman–Crippen MR) is 90.0 cm³/mol. The lowest BCUT2D eigenvalue weighted by atomic mass is 10.1. The Kier molecular flexibility index (Phi) is 5.43. The van der Waals surface area contributed by atoms with Crippen LogP contribution in [0.4, 0.5) is 5.69 Å². The molecule has 0 spiro atoms. The third-order valence-corrected chi connectivity index (χ3v) is 4.93. The van der Waals surface area contributed by atoms with Gasteiger partial charge in [-0.15, -0.1) is 0 Å². The van der Waals surface area contributed by atoms with Crippen LogP contribution in [0.1, 0.15) is 27.1 Å². The first-order chi connectivity index (χ1) is 11.6. The number of sulfonamides is 1. The lowest BCUT2D eigenvalue weighted by Crippen LogP contribution is -2.34. The standard InChI is InChI=1S/C15H19N3O6S/c1-17(2)6-3-7-25(23,24)16-10-4-5-11-12(8-10)15(22)18(14(11)21)9-13(19)20/h4-5,8,16H,3,6-7,9H2,1-2H3,(H,19,20). The van der Waals surface area contributed by atoms with Gasteiger partial charge in [-0.05, 0) is 45.3 Å². The quantitative estimate of drug-likeness (QED) is 0.621. The van der Waals surface area contributed by atoms with Crippen LogP contribution in [-0.4, -0.2) is 74.0 Å². The largest absolute Gasteiger partial charge is 0.480 e. The molecule has 0 aliphatic carbocycles. The van der Waals surface area contributed by atoms with Crippen molar-refractivity contribution in [3.8, 4) is 0 Å². The number of amides is 2. The van der Waals surface area contributed by atoms with Crippen molar-refractivity contribution in [1.82, 2.24) is 9.80 Å². The van der Waals surface area contributed by atoms with Crippen molar-refractivity contribution < 1.29 is 27.9 Å². The zero-order valence-electron chi connectivity index (χ0n) is 13.9. The normalized spacial score (nSPS) is 14.1. The highest BCUT2D eigenvalue weighted by molar-refractivity contribution is 7.92. The second-order valence-electron chi connectivity index (χ2n) is 5.93. The average Bonchev–Trinajstić information content (AvgIpc) is 2.70. The fraction of sp³-hybridized carbons (Fsp3) is 0.400. The molecule has 1 aromatic carbocycles. The van der Waals surface area contributed by atoms with E-state index in [4.69, 9.17) is 5.11 Å². The number of hydrogen-bond acceptors (Lipinski definition) is 6. The van der Waals surface area contributed by atoms with Crippen molar-refractivity contribution in [1.29, 1.82) is 0 Å². The summed E-state index contributed by atoms with van der Waals surface area (Å²) in [5.41, 5.74) is 0.198. The summed E-state index contributed by atoms with van der Waals surface area (Å²) in [6.07, 6.45) is 0.442. The van der Waals surface area contributed by atoms with Crippen LogP contribution >= 0.6 is 0 Å². The van der Waals surface area contributed by atoms with E-state index >= 15 is 0 Å². The third-order valence-electron chi connectivity index (χ3n) is 3.56. The van der Waals surface area contributed by atoms with Gasteiger partial charge in [0.15, 0.2) is 0 Å². The van der Waals surface area contributed by atoms with E-state index in [0.717, 1.165) is 0 Å². The Morgan fingerprint density at radius 3 is 2.44 bits per heavy atom. The highest BCUT2D eigenvalue weighted by Crippen LogP contribution is 2.26. The zero-order chi connectivity index (χ0) is 18.8. The van der Waals surface area contributed by atoms with E-state index in [9.17, 15) is 22.8 Å². The summed E-state index contributed by atoms with van der Waals surface area (Å²) in [5, 5.41) is 8.78. The Hall–Kier alpha value is -2.46. The van der Waals surface area contributed by atoms with Gasteiger partial charge in [-0.25, -0.2) is 8.42 Å². The van der Waals surface area contributed by atoms with Crippen molar-refractivity contribution in [2.45, 2.75) is 6.42 Å². The summed E-state index contributed by atoms with van der Waals surface area (Å²) in [6.45, 7) is -0.125. The van der Waals surface area contributed by atoms with Gasteiger partial charge in [-0.3, -0.25) is 24.0 Å². The second kappa shape index (κ2) is 7.19. The minimum absolute atomic E-state index is 0.0141. The van der Waals surface area contributed by atoms with Crippen molar-refractivity contribution in [3.05, 3.63) is 29.3 Å². The number of fused-ring (bicyclic) bond motifs is 1. The minimum atomic E-state index is -3.59. The lowest BCUT2D eigenvalue weighted by Gasteiger charge is -2.11. The van der Waals surface area contributed by atoms with E-state index in [1.165, 1.54) is 18.2 Å². The molecule has 9 nitrogen and oxygen atoms in total. The number of nitrogens with zero attached hydrogens (tertiary/aromatic N) is 2. The van der Waals surface area contributed by atoms with Crippen LogP contribution in [0.3, 0.4) is 0 Å². The van der Waals surface area contributed by atoms with Gasteiger partial charge in [0.1, 0.15) is 6.54 Å². The minimum Gasteiger partial charge on any atom is -0.480 e. The third kappa shape index (κ3) is 4.54. The second-order valence-corrected chi connectivity index (χ2v) is 7.77. The lowest BCUT2D eigenvalue weighted by molar-refractivity contribution is -0.137. The Morgan fingerprint density at radius 1 is 1.20 bits per heavy atom. The van der Waals surface area contributed by atoms with Gasteiger partial charge in [0, 0.05) is 5.69 Å². The van der Waals surface area contributed by atoms with E-state index in [-0.39, 0.29) is 22.6 Å². The van der Waals surface area contributed by atoms with Crippen LogP contribution in [-0.2, 0) is 14.8 Å². The van der Waals surface area contributed by atoms with E-state index in [2.05, 4.69) is 4.72 Å². The van der Waals surface area contributed by atoms with Crippen molar-refractivity contribution >= 4 is 33.5 Å². The van der Waals surface area contributed by atoms with Crippen molar-refractivity contribution in [2.75, 3.05) is 37.7 Å². The van der Waals surface area contributed by atoms with Gasteiger partial charge in [0.05, 0.1) is 16.9 Å². The topological polar surface area (TPSA) is 124 Å². The fourth-order valence-corrected chi connectivity index (χ4v) is 3.53. The number of benzene rings is 1. The number of carboxylic acid groups (broad SMARTS) is 1. The van der Waals surface area contributed by atoms with Crippen LogP contribution in [0.25, 0.3) is 0 Å². The first kappa shape index (κ1) is 18.9. The molecule has 0 unspecified atom stereocenters. The molecule has 1 aliphatic heterocycles. The molecule has 0 saturated carbocycles. The Morgan fingerprint density at radius 2 is 1.84 bits per heavy atom. The zero-order valence-corrected chi connectivity index (χ0v) is 14.7. The van der Waals surface area contributed by atoms with Gasteiger partial charge in [-0.2, -0.15) is 0 Å². The Balaban J connectivity index is 2.15. The van der Waals surface area contributed by atoms with Crippen molar-refractivity contribution in [3.63, 3.8) is 0 Å². The Labute approximate surface area is 145 Å². The molecule has 2 rings (SSSR count). The average molecular weight is 369 g/mol. The molecule has 2 amide bonds. The van der Waals surface area contributed by atoms with E-state index in [1.54, 1.807) is 0 Å². The molecule has 136 valence electrons. The Bertz CT molecular complexity index is 819. The monoisotopic (exact) mass is 369 g/mol. The number of hydrogen-bond donors (Lipinski definition) is 2. The van der Waals surface area contributed by atoms with Crippen LogP contribution in [0.15, 0.2) is 18.2 Å². The van der Waals surface area contributed by atoms with Crippen molar-refractivity contribution in [2.24, 2.45) is 0 Å². The number of anilines is 1. The molecule has 1 aliphatic rings. The maximum Gasteiger partial charge on any atom is 0.323 e. The summed E-state index contributed by atoms with van der Waals surface area (Å²) in [6, 6.07) is 3.94. The molecule has 25 heavy (non-hydrogen) atoms. The highest BCUT2D eigenvalue weighted by Gasteiger charge is 2.36. The summed E-state index contributed by atoms with van der Waals surface area (Å²) in [7, 11) is 0.0868. The molecule has 0 fully saturated rings. The summed E-state index contributed by atoms with van der Waals surface area (Å²) >= 11 is 0. The van der Waals surface area contributed by atoms with Gasteiger partial charge in [0.25, 0.3) is 11.8 Å².